The SMILES string of the molecule is CCNCC.CCc1c2c(nn1C)CN(C)CCCn1c(C(=O)O)c(CCCOc3cccc4ccccc34)c3cccc-2c31. The van der Waals surface area contributed by atoms with Crippen molar-refractivity contribution in [1.29, 1.82) is 0 Å². The van der Waals surface area contributed by atoms with Gasteiger partial charge in [0.25, 0.3) is 0 Å². The van der Waals surface area contributed by atoms with Crippen molar-refractivity contribution in [2.24, 2.45) is 7.05 Å². The summed E-state index contributed by atoms with van der Waals surface area (Å²) in [6, 6.07) is 20.6. The lowest BCUT2D eigenvalue weighted by Crippen LogP contribution is -2.22. The average Bonchev–Trinajstić information content (AvgIpc) is 3.53. The Morgan fingerprint density at radius 3 is 2.42 bits per heavy atom. The van der Waals surface area contributed by atoms with Crippen LogP contribution in [0.1, 0.15) is 61.1 Å². The van der Waals surface area contributed by atoms with Gasteiger partial charge in [0.05, 0.1) is 17.8 Å². The number of carboxylic acid groups (broad SMARTS) is 1. The number of hydrogen-bond acceptors (Lipinski definition) is 5. The standard InChI is InChI=1S/C33H36N4O3.C4H11N/c1-4-28-30-26-15-8-14-24-25(16-9-20-40-29-17-7-12-22-11-5-6-13-23(22)29)32(33(38)39)37(31(24)26)19-10-18-35(2)21-27(30)34-36(28)3;1-3-5-4-2/h5-8,11-15,17H,4,9-10,16,18-21H2,1-3H3,(H,38,39);5H,3-4H2,1-2H3. The lowest BCUT2D eigenvalue weighted by Gasteiger charge is -2.20. The molecule has 5 aromatic rings. The fourth-order valence-corrected chi connectivity index (χ4v) is 6.69. The number of nitrogens with one attached hydrogen (secondary N) is 1. The molecule has 0 aliphatic carbocycles. The highest BCUT2D eigenvalue weighted by Gasteiger charge is 2.28. The molecule has 0 fully saturated rings. The molecule has 3 heterocycles. The van der Waals surface area contributed by atoms with Crippen molar-refractivity contribution in [2.75, 3.05) is 33.3 Å². The van der Waals surface area contributed by atoms with E-state index in [1.807, 2.05) is 36.0 Å². The highest BCUT2D eigenvalue weighted by molar-refractivity contribution is 6.04. The van der Waals surface area contributed by atoms with Crippen LogP contribution in [0.15, 0.2) is 60.7 Å². The Balaban J connectivity index is 0.000000743. The van der Waals surface area contributed by atoms with Gasteiger partial charge in [-0.2, -0.15) is 5.10 Å². The van der Waals surface area contributed by atoms with Gasteiger partial charge in [-0.3, -0.25) is 4.68 Å². The van der Waals surface area contributed by atoms with Crippen LogP contribution in [0.3, 0.4) is 0 Å². The summed E-state index contributed by atoms with van der Waals surface area (Å²) in [7, 11) is 4.12. The van der Waals surface area contributed by atoms with Gasteiger partial charge in [0, 0.05) is 47.7 Å². The molecule has 0 bridgehead atoms. The lowest BCUT2D eigenvalue weighted by atomic mass is 9.97. The zero-order valence-electron chi connectivity index (χ0n) is 27.4. The van der Waals surface area contributed by atoms with Crippen LogP contribution in [0.4, 0.5) is 0 Å². The van der Waals surface area contributed by atoms with Crippen LogP contribution in [-0.2, 0) is 33.0 Å². The first-order valence-corrected chi connectivity index (χ1v) is 16.3. The molecule has 0 amide bonds. The maximum Gasteiger partial charge on any atom is 0.352 e. The summed E-state index contributed by atoms with van der Waals surface area (Å²) in [5, 5.41) is 21.8. The van der Waals surface area contributed by atoms with E-state index < -0.39 is 5.97 Å². The van der Waals surface area contributed by atoms with E-state index in [4.69, 9.17) is 9.84 Å². The predicted octanol–water partition coefficient (Wildman–Crippen LogP) is 6.92. The van der Waals surface area contributed by atoms with Gasteiger partial charge in [-0.25, -0.2) is 4.79 Å². The van der Waals surface area contributed by atoms with Crippen LogP contribution < -0.4 is 10.1 Å². The van der Waals surface area contributed by atoms with Crippen molar-refractivity contribution in [1.82, 2.24) is 24.6 Å². The first-order valence-electron chi connectivity index (χ1n) is 16.3. The molecule has 0 atom stereocenters. The molecule has 45 heavy (non-hydrogen) atoms. The first kappa shape index (κ1) is 32.3. The van der Waals surface area contributed by atoms with Crippen molar-refractivity contribution in [2.45, 2.75) is 59.5 Å². The van der Waals surface area contributed by atoms with Crippen LogP contribution in [0.25, 0.3) is 32.8 Å². The van der Waals surface area contributed by atoms with Gasteiger partial charge in [-0.15, -0.1) is 0 Å². The average molecular weight is 610 g/mol. The quantitative estimate of drug-likeness (QED) is 0.177. The number of aromatic nitrogens is 3. The predicted molar refractivity (Wildman–Crippen MR) is 183 cm³/mol. The van der Waals surface area contributed by atoms with Crippen LogP contribution in [0.5, 0.6) is 5.75 Å². The number of hydrogen-bond donors (Lipinski definition) is 2. The van der Waals surface area contributed by atoms with Crippen molar-refractivity contribution < 1.29 is 14.6 Å². The van der Waals surface area contributed by atoms with Crippen LogP contribution >= 0.6 is 0 Å². The lowest BCUT2D eigenvalue weighted by molar-refractivity contribution is 0.0684. The van der Waals surface area contributed by atoms with E-state index in [0.29, 0.717) is 31.7 Å². The third-order valence-corrected chi connectivity index (χ3v) is 8.65. The second-order valence-corrected chi connectivity index (χ2v) is 11.7. The van der Waals surface area contributed by atoms with E-state index in [1.54, 1.807) is 0 Å². The van der Waals surface area contributed by atoms with Gasteiger partial charge in [0.1, 0.15) is 11.4 Å². The van der Waals surface area contributed by atoms with E-state index >= 15 is 0 Å². The van der Waals surface area contributed by atoms with Crippen molar-refractivity contribution >= 4 is 27.6 Å². The van der Waals surface area contributed by atoms with Gasteiger partial charge in [0.15, 0.2) is 0 Å². The number of aromatic carboxylic acids is 1. The molecule has 8 nitrogen and oxygen atoms in total. The summed E-state index contributed by atoms with van der Waals surface area (Å²) in [5.41, 5.74) is 6.75. The summed E-state index contributed by atoms with van der Waals surface area (Å²) in [6.07, 6.45) is 3.05. The fraction of sp³-hybridized carbons (Fsp3) is 0.405. The number of carbonyl (C=O) groups is 1. The molecule has 0 spiro atoms. The summed E-state index contributed by atoms with van der Waals surface area (Å²) in [4.78, 5) is 15.1. The highest BCUT2D eigenvalue weighted by atomic mass is 16.5. The molecule has 2 aromatic heterocycles. The Bertz CT molecular complexity index is 1760. The molecule has 238 valence electrons. The fourth-order valence-electron chi connectivity index (χ4n) is 6.69. The summed E-state index contributed by atoms with van der Waals surface area (Å²) in [6.45, 7) is 11.3. The minimum absolute atomic E-state index is 0.402. The Kier molecular flexibility index (Phi) is 10.6. The summed E-state index contributed by atoms with van der Waals surface area (Å²) >= 11 is 0. The van der Waals surface area contributed by atoms with E-state index in [2.05, 4.69) is 79.0 Å². The zero-order valence-corrected chi connectivity index (χ0v) is 27.4. The number of nitrogens with zero attached hydrogens (tertiary/aromatic N) is 4. The third-order valence-electron chi connectivity index (χ3n) is 8.65. The number of rotatable bonds is 9. The summed E-state index contributed by atoms with van der Waals surface area (Å²) < 4.78 is 10.3. The number of benzene rings is 3. The zero-order chi connectivity index (χ0) is 31.9. The second kappa shape index (κ2) is 14.8. The maximum atomic E-state index is 12.8. The van der Waals surface area contributed by atoms with Crippen LogP contribution in [0, 0.1) is 0 Å². The second-order valence-electron chi connectivity index (χ2n) is 11.7. The monoisotopic (exact) mass is 609 g/mol. The largest absolute Gasteiger partial charge is 0.493 e. The molecule has 8 heteroatoms. The molecule has 3 aromatic carbocycles. The normalized spacial score (nSPS) is 13.4. The molecular weight excluding hydrogens is 562 g/mol. The Hall–Kier alpha value is -4.14. The molecule has 0 saturated heterocycles. The molecule has 0 radical (unpaired) electrons. The van der Waals surface area contributed by atoms with Gasteiger partial charge in [-0.05, 0) is 69.4 Å². The maximum absolute atomic E-state index is 12.8. The number of aryl methyl sites for hydroxylation is 3. The van der Waals surface area contributed by atoms with Gasteiger partial charge in [-0.1, -0.05) is 75.4 Å². The van der Waals surface area contributed by atoms with Gasteiger partial charge in [0.2, 0.25) is 0 Å². The van der Waals surface area contributed by atoms with Gasteiger partial charge < -0.3 is 24.6 Å². The number of fused-ring (bicyclic) bond motifs is 3. The first-order chi connectivity index (χ1) is 21.9. The van der Waals surface area contributed by atoms with E-state index in [0.717, 1.165) is 88.8 Å². The minimum atomic E-state index is -0.875. The Morgan fingerprint density at radius 1 is 0.956 bits per heavy atom. The number of ether oxygens (including phenoxy) is 1. The smallest absolute Gasteiger partial charge is 0.352 e. The number of carboxylic acids is 1. The topological polar surface area (TPSA) is 84.6 Å². The molecule has 0 saturated carbocycles. The Labute approximate surface area is 266 Å². The van der Waals surface area contributed by atoms with Crippen LogP contribution in [-0.4, -0.2) is 63.6 Å². The third kappa shape index (κ3) is 6.77. The minimum Gasteiger partial charge on any atom is -0.493 e. The van der Waals surface area contributed by atoms with Crippen LogP contribution in [0.2, 0.25) is 0 Å². The van der Waals surface area contributed by atoms with E-state index in [-0.39, 0.29) is 0 Å². The van der Waals surface area contributed by atoms with E-state index in [1.165, 1.54) is 5.69 Å². The van der Waals surface area contributed by atoms with Crippen molar-refractivity contribution in [3.8, 4) is 16.9 Å². The molecule has 1 aliphatic heterocycles. The number of para-hydroxylation sites is 1. The highest BCUT2D eigenvalue weighted by Crippen LogP contribution is 2.39. The van der Waals surface area contributed by atoms with Crippen molar-refractivity contribution in [3.63, 3.8) is 0 Å². The molecule has 6 rings (SSSR count). The molecule has 2 N–H and O–H groups in total. The van der Waals surface area contributed by atoms with Crippen molar-refractivity contribution in [3.05, 3.63) is 83.3 Å². The van der Waals surface area contributed by atoms with Gasteiger partial charge >= 0.3 is 5.97 Å². The molecule has 0 unspecified atom stereocenters. The Morgan fingerprint density at radius 2 is 1.69 bits per heavy atom. The molecular formula is C37H47N5O3. The summed E-state index contributed by atoms with van der Waals surface area (Å²) in [5.74, 6) is -0.0142. The van der Waals surface area contributed by atoms with E-state index in [9.17, 15) is 9.90 Å². The molecule has 1 aliphatic rings.